The minimum atomic E-state index is -1.04. The molecule has 0 saturated carbocycles. The smallest absolute Gasteiger partial charge is 0.143 e. The van der Waals surface area contributed by atoms with Gasteiger partial charge in [-0.05, 0) is 12.1 Å². The van der Waals surface area contributed by atoms with Crippen LogP contribution in [0.4, 0.5) is 0 Å². The summed E-state index contributed by atoms with van der Waals surface area (Å²) in [6.45, 7) is 8.30. The molecule has 0 unspecified atom stereocenters. The molecule has 0 saturated heterocycles. The predicted octanol–water partition coefficient (Wildman–Crippen LogP) is 4.66. The van der Waals surface area contributed by atoms with Gasteiger partial charge in [-0.15, -0.1) is 0 Å². The molecule has 0 aliphatic carbocycles. The molecule has 0 amide bonds. The number of aromatic nitrogens is 2. The highest BCUT2D eigenvalue weighted by atomic mass is 35.5. The van der Waals surface area contributed by atoms with Gasteiger partial charge in [0.15, 0.2) is 0 Å². The van der Waals surface area contributed by atoms with Crippen molar-refractivity contribution in [1.82, 2.24) is 9.55 Å². The Kier molecular flexibility index (Phi) is 4.56. The molecule has 0 spiro atoms. The molecule has 0 aliphatic heterocycles. The maximum atomic E-state index is 6.14. The minimum Gasteiger partial charge on any atom is -0.361 e. The molecule has 0 fully saturated rings. The van der Waals surface area contributed by atoms with Crippen molar-refractivity contribution < 1.29 is 4.74 Å². The van der Waals surface area contributed by atoms with E-state index in [1.807, 2.05) is 16.8 Å². The molecule has 2 aromatic heterocycles. The fourth-order valence-electron chi connectivity index (χ4n) is 1.73. The van der Waals surface area contributed by atoms with Crippen LogP contribution in [-0.2, 0) is 11.5 Å². The second-order valence-electron chi connectivity index (χ2n) is 5.79. The van der Waals surface area contributed by atoms with Gasteiger partial charge in [-0.2, -0.15) is 0 Å². The number of ether oxygens (including phenoxy) is 1. The topological polar surface area (TPSA) is 27.1 Å². The van der Waals surface area contributed by atoms with Crippen LogP contribution < -0.4 is 0 Å². The average molecular weight is 317 g/mol. The van der Waals surface area contributed by atoms with Crippen molar-refractivity contribution in [2.75, 3.05) is 6.61 Å². The van der Waals surface area contributed by atoms with E-state index >= 15 is 0 Å². The van der Waals surface area contributed by atoms with Gasteiger partial charge in [-0.3, -0.25) is 0 Å². The van der Waals surface area contributed by atoms with Gasteiger partial charge in [0, 0.05) is 32.5 Å². The van der Waals surface area contributed by atoms with Gasteiger partial charge in [0.1, 0.15) is 12.4 Å². The first-order chi connectivity index (χ1) is 8.88. The first-order valence-corrected chi connectivity index (χ1v) is 10.7. The number of rotatable bonds is 5. The highest BCUT2D eigenvalue weighted by molar-refractivity contribution is 6.76. The Bertz CT molecular complexity index is 578. The number of fused-ring (bicyclic) bond motifs is 1. The van der Waals surface area contributed by atoms with Crippen molar-refractivity contribution in [3.8, 4) is 0 Å². The third-order valence-corrected chi connectivity index (χ3v) is 5.40. The molecule has 19 heavy (non-hydrogen) atoms. The van der Waals surface area contributed by atoms with Gasteiger partial charge >= 0.3 is 0 Å². The van der Waals surface area contributed by atoms with E-state index in [0.29, 0.717) is 16.8 Å². The lowest BCUT2D eigenvalue weighted by molar-refractivity contribution is 0.0899. The fourth-order valence-corrected chi connectivity index (χ4v) is 2.83. The summed E-state index contributed by atoms with van der Waals surface area (Å²) in [6.07, 6.45) is 3.50. The third-order valence-electron chi connectivity index (χ3n) is 2.91. The number of pyridine rings is 1. The molecule has 2 rings (SSSR count). The van der Waals surface area contributed by atoms with Crippen LogP contribution >= 0.6 is 23.2 Å². The molecule has 0 aromatic carbocycles. The molecular weight excluding hydrogens is 299 g/mol. The Morgan fingerprint density at radius 1 is 1.32 bits per heavy atom. The van der Waals surface area contributed by atoms with Crippen LogP contribution in [0.5, 0.6) is 0 Å². The summed E-state index contributed by atoms with van der Waals surface area (Å²) in [6, 6.07) is 3.07. The van der Waals surface area contributed by atoms with E-state index in [1.165, 1.54) is 0 Å². The van der Waals surface area contributed by atoms with Crippen molar-refractivity contribution in [2.45, 2.75) is 32.4 Å². The molecule has 2 aromatic rings. The Morgan fingerprint density at radius 2 is 2.05 bits per heavy atom. The van der Waals surface area contributed by atoms with Crippen LogP contribution in [0.25, 0.3) is 11.0 Å². The van der Waals surface area contributed by atoms with E-state index in [2.05, 4.69) is 24.6 Å². The SMILES string of the molecule is C[Si](C)(C)CCOCn1ccc2c(Cl)c(Cl)cnc21. The Labute approximate surface area is 124 Å². The van der Waals surface area contributed by atoms with Gasteiger partial charge in [0.05, 0.1) is 10.0 Å². The Hall–Kier alpha value is -0.553. The average Bonchev–Trinajstić information content (AvgIpc) is 2.72. The summed E-state index contributed by atoms with van der Waals surface area (Å²) >= 11 is 12.1. The lowest BCUT2D eigenvalue weighted by atomic mass is 10.3. The quantitative estimate of drug-likeness (QED) is 0.592. The molecule has 0 bridgehead atoms. The van der Waals surface area contributed by atoms with E-state index in [4.69, 9.17) is 27.9 Å². The maximum absolute atomic E-state index is 6.14. The van der Waals surface area contributed by atoms with E-state index in [9.17, 15) is 0 Å². The highest BCUT2D eigenvalue weighted by Crippen LogP contribution is 2.29. The number of hydrogen-bond acceptors (Lipinski definition) is 2. The maximum Gasteiger partial charge on any atom is 0.143 e. The first kappa shape index (κ1) is 14.8. The number of hydrogen-bond donors (Lipinski definition) is 0. The van der Waals surface area contributed by atoms with E-state index < -0.39 is 8.07 Å². The van der Waals surface area contributed by atoms with Crippen molar-refractivity contribution in [2.24, 2.45) is 0 Å². The monoisotopic (exact) mass is 316 g/mol. The molecule has 0 atom stereocenters. The van der Waals surface area contributed by atoms with Crippen molar-refractivity contribution in [3.05, 3.63) is 28.5 Å². The van der Waals surface area contributed by atoms with Crippen molar-refractivity contribution in [1.29, 1.82) is 0 Å². The summed E-state index contributed by atoms with van der Waals surface area (Å²) in [5.74, 6) is 0. The van der Waals surface area contributed by atoms with Crippen LogP contribution in [0, 0.1) is 0 Å². The van der Waals surface area contributed by atoms with Crippen molar-refractivity contribution >= 4 is 42.3 Å². The summed E-state index contributed by atoms with van der Waals surface area (Å²) in [5, 5.41) is 1.89. The van der Waals surface area contributed by atoms with Crippen LogP contribution in [-0.4, -0.2) is 24.2 Å². The summed E-state index contributed by atoms with van der Waals surface area (Å²) in [5.41, 5.74) is 0.808. The minimum absolute atomic E-state index is 0.478. The van der Waals surface area contributed by atoms with Gasteiger partial charge in [-0.25, -0.2) is 4.98 Å². The predicted molar refractivity (Wildman–Crippen MR) is 83.9 cm³/mol. The lowest BCUT2D eigenvalue weighted by Gasteiger charge is -2.15. The lowest BCUT2D eigenvalue weighted by Crippen LogP contribution is -2.22. The van der Waals surface area contributed by atoms with E-state index in [-0.39, 0.29) is 0 Å². The molecule has 0 N–H and O–H groups in total. The van der Waals surface area contributed by atoms with Crippen LogP contribution in [0.15, 0.2) is 18.5 Å². The molecule has 3 nitrogen and oxygen atoms in total. The standard InChI is InChI=1S/C13H18Cl2N2OSi/c1-19(2,3)7-6-18-9-17-5-4-10-12(15)11(14)8-16-13(10)17/h4-5,8H,6-7,9H2,1-3H3. The molecule has 2 heterocycles. The van der Waals surface area contributed by atoms with Gasteiger partial charge in [-0.1, -0.05) is 42.8 Å². The summed E-state index contributed by atoms with van der Waals surface area (Å²) in [7, 11) is -1.04. The first-order valence-electron chi connectivity index (χ1n) is 6.25. The zero-order valence-corrected chi connectivity index (χ0v) is 13.9. The fraction of sp³-hybridized carbons (Fsp3) is 0.462. The molecule has 6 heteroatoms. The van der Waals surface area contributed by atoms with Gasteiger partial charge < -0.3 is 9.30 Å². The van der Waals surface area contributed by atoms with Gasteiger partial charge in [0.25, 0.3) is 0 Å². The van der Waals surface area contributed by atoms with Crippen LogP contribution in [0.2, 0.25) is 35.7 Å². The zero-order valence-electron chi connectivity index (χ0n) is 11.4. The second kappa shape index (κ2) is 5.83. The Balaban J connectivity index is 2.04. The largest absolute Gasteiger partial charge is 0.361 e. The molecule has 0 aliphatic rings. The van der Waals surface area contributed by atoms with E-state index in [1.54, 1.807) is 6.20 Å². The second-order valence-corrected chi connectivity index (χ2v) is 12.2. The highest BCUT2D eigenvalue weighted by Gasteiger charge is 2.13. The van der Waals surface area contributed by atoms with Crippen LogP contribution in [0.1, 0.15) is 0 Å². The number of halogens is 2. The number of nitrogens with zero attached hydrogens (tertiary/aromatic N) is 2. The molecule has 0 radical (unpaired) electrons. The van der Waals surface area contributed by atoms with Gasteiger partial charge in [0.2, 0.25) is 0 Å². The third kappa shape index (κ3) is 3.72. The molecule has 104 valence electrons. The normalized spacial score (nSPS) is 12.3. The summed E-state index contributed by atoms with van der Waals surface area (Å²) < 4.78 is 7.66. The van der Waals surface area contributed by atoms with Crippen molar-refractivity contribution in [3.63, 3.8) is 0 Å². The van der Waals surface area contributed by atoms with Crippen LogP contribution in [0.3, 0.4) is 0 Å². The summed E-state index contributed by atoms with van der Waals surface area (Å²) in [4.78, 5) is 4.30. The zero-order chi connectivity index (χ0) is 14.0. The molecular formula is C13H18Cl2N2OSi. The van der Waals surface area contributed by atoms with E-state index in [0.717, 1.165) is 23.7 Å². The Morgan fingerprint density at radius 3 is 2.74 bits per heavy atom.